The van der Waals surface area contributed by atoms with Crippen molar-refractivity contribution < 1.29 is 8.83 Å². The second-order valence-electron chi connectivity index (χ2n) is 12.3. The van der Waals surface area contributed by atoms with Gasteiger partial charge in [-0.1, -0.05) is 121 Å². The molecule has 1 aliphatic rings. The third-order valence-electron chi connectivity index (χ3n) is 9.40. The summed E-state index contributed by atoms with van der Waals surface area (Å²) in [6.45, 7) is 0. The Labute approximate surface area is 275 Å². The number of fused-ring (bicyclic) bond motifs is 7. The molecule has 226 valence electrons. The monoisotopic (exact) mass is 617 g/mol. The Morgan fingerprint density at radius 1 is 0.500 bits per heavy atom. The van der Waals surface area contributed by atoms with E-state index in [1.54, 1.807) is 0 Å². The number of aromatic nitrogens is 3. The van der Waals surface area contributed by atoms with Crippen LogP contribution in [0.2, 0.25) is 0 Å². The van der Waals surface area contributed by atoms with Crippen molar-refractivity contribution in [2.24, 2.45) is 0 Å². The van der Waals surface area contributed by atoms with Crippen molar-refractivity contribution in [1.29, 1.82) is 0 Å². The second-order valence-corrected chi connectivity index (χ2v) is 12.3. The van der Waals surface area contributed by atoms with Crippen molar-refractivity contribution in [3.05, 3.63) is 145 Å². The van der Waals surface area contributed by atoms with Crippen LogP contribution < -0.4 is 0 Å². The number of hydrogen-bond donors (Lipinski definition) is 0. The van der Waals surface area contributed by atoms with E-state index in [1.165, 1.54) is 5.39 Å². The molecule has 0 fully saturated rings. The summed E-state index contributed by atoms with van der Waals surface area (Å²) >= 11 is 0. The van der Waals surface area contributed by atoms with Gasteiger partial charge in [0.05, 0.1) is 0 Å². The molecule has 3 heterocycles. The van der Waals surface area contributed by atoms with Gasteiger partial charge in [-0.15, -0.1) is 0 Å². The zero-order chi connectivity index (χ0) is 31.6. The number of hydrogen-bond acceptors (Lipinski definition) is 5. The number of furan rings is 2. The average molecular weight is 618 g/mol. The molecule has 48 heavy (non-hydrogen) atoms. The van der Waals surface area contributed by atoms with E-state index in [9.17, 15) is 0 Å². The van der Waals surface area contributed by atoms with Gasteiger partial charge in [-0.2, -0.15) is 0 Å². The van der Waals surface area contributed by atoms with Crippen molar-refractivity contribution in [2.75, 3.05) is 0 Å². The molecule has 0 saturated heterocycles. The summed E-state index contributed by atoms with van der Waals surface area (Å²) in [7, 11) is 0. The lowest BCUT2D eigenvalue weighted by Crippen LogP contribution is -2.04. The van der Waals surface area contributed by atoms with Crippen molar-refractivity contribution in [3.8, 4) is 33.9 Å². The molecule has 5 heteroatoms. The average Bonchev–Trinajstić information content (AvgIpc) is 3.74. The van der Waals surface area contributed by atoms with Crippen LogP contribution in [0.15, 0.2) is 148 Å². The number of benzene rings is 6. The first-order chi connectivity index (χ1) is 23.8. The molecule has 0 saturated carbocycles. The van der Waals surface area contributed by atoms with Gasteiger partial charge in [0.25, 0.3) is 0 Å². The molecule has 0 bridgehead atoms. The summed E-state index contributed by atoms with van der Waals surface area (Å²) in [5.41, 5.74) is 8.24. The lowest BCUT2D eigenvalue weighted by Gasteiger charge is -2.12. The summed E-state index contributed by atoms with van der Waals surface area (Å²) in [5, 5.41) is 6.49. The van der Waals surface area contributed by atoms with Gasteiger partial charge in [0.1, 0.15) is 22.3 Å². The van der Waals surface area contributed by atoms with E-state index in [-0.39, 0.29) is 0 Å². The molecule has 0 N–H and O–H groups in total. The lowest BCUT2D eigenvalue weighted by atomic mass is 9.98. The van der Waals surface area contributed by atoms with Crippen LogP contribution in [0.5, 0.6) is 0 Å². The van der Waals surface area contributed by atoms with Crippen LogP contribution in [-0.4, -0.2) is 15.0 Å². The summed E-state index contributed by atoms with van der Waals surface area (Å²) in [4.78, 5) is 15.3. The van der Waals surface area contributed by atoms with E-state index in [2.05, 4.69) is 109 Å². The van der Waals surface area contributed by atoms with Crippen LogP contribution >= 0.6 is 0 Å². The SMILES string of the molecule is C1=CCCC(c2nc(-c3ccc4ccccc4c3)nc(-c3cccc4oc5c(-c6cccc7c6oc6ccccc67)cccc5c34)n2)=C1. The summed E-state index contributed by atoms with van der Waals surface area (Å²) in [6.07, 6.45) is 8.23. The number of rotatable bonds is 4. The van der Waals surface area contributed by atoms with Crippen molar-refractivity contribution in [2.45, 2.75) is 12.8 Å². The van der Waals surface area contributed by atoms with Gasteiger partial charge in [0.15, 0.2) is 17.5 Å². The maximum Gasteiger partial charge on any atom is 0.164 e. The highest BCUT2D eigenvalue weighted by Crippen LogP contribution is 2.43. The Kier molecular flexibility index (Phi) is 5.93. The lowest BCUT2D eigenvalue weighted by molar-refractivity contribution is 0.665. The Bertz CT molecular complexity index is 2800. The highest BCUT2D eigenvalue weighted by molar-refractivity contribution is 6.17. The molecule has 0 spiro atoms. The molecule has 1 aliphatic carbocycles. The summed E-state index contributed by atoms with van der Waals surface area (Å²) in [5.74, 6) is 1.98. The minimum absolute atomic E-state index is 0.622. The van der Waals surface area contributed by atoms with E-state index in [4.69, 9.17) is 23.8 Å². The van der Waals surface area contributed by atoms with Crippen LogP contribution in [0.4, 0.5) is 0 Å². The van der Waals surface area contributed by atoms with E-state index in [0.29, 0.717) is 17.5 Å². The Morgan fingerprint density at radius 2 is 1.17 bits per heavy atom. The van der Waals surface area contributed by atoms with Gasteiger partial charge in [-0.05, 0) is 47.4 Å². The third-order valence-corrected chi connectivity index (χ3v) is 9.40. The molecule has 0 radical (unpaired) electrons. The van der Waals surface area contributed by atoms with Crippen LogP contribution in [0.25, 0.3) is 94.1 Å². The van der Waals surface area contributed by atoms with Gasteiger partial charge >= 0.3 is 0 Å². The molecule has 3 aromatic heterocycles. The van der Waals surface area contributed by atoms with Gasteiger partial charge in [0, 0.05) is 43.8 Å². The first kappa shape index (κ1) is 26.8. The molecule has 0 aliphatic heterocycles. The fourth-order valence-electron chi connectivity index (χ4n) is 7.09. The van der Waals surface area contributed by atoms with Crippen molar-refractivity contribution in [3.63, 3.8) is 0 Å². The van der Waals surface area contributed by atoms with Crippen LogP contribution in [0.1, 0.15) is 18.7 Å². The molecule has 5 nitrogen and oxygen atoms in total. The highest BCUT2D eigenvalue weighted by Gasteiger charge is 2.21. The van der Waals surface area contributed by atoms with Gasteiger partial charge in [-0.25, -0.2) is 15.0 Å². The fraction of sp³-hybridized carbons (Fsp3) is 0.0465. The van der Waals surface area contributed by atoms with Crippen LogP contribution in [0.3, 0.4) is 0 Å². The predicted molar refractivity (Wildman–Crippen MR) is 195 cm³/mol. The normalized spacial score (nSPS) is 13.3. The Hall–Kier alpha value is -6.33. The Morgan fingerprint density at radius 3 is 2.04 bits per heavy atom. The number of para-hydroxylation sites is 3. The molecule has 0 atom stereocenters. The number of nitrogens with zero attached hydrogens (tertiary/aromatic N) is 3. The third kappa shape index (κ3) is 4.21. The quantitative estimate of drug-likeness (QED) is 0.197. The highest BCUT2D eigenvalue weighted by atomic mass is 16.3. The molecule has 6 aromatic carbocycles. The molecular weight excluding hydrogens is 590 g/mol. The predicted octanol–water partition coefficient (Wildman–Crippen LogP) is 11.6. The maximum atomic E-state index is 6.70. The number of allylic oxidation sites excluding steroid dienone is 4. The van der Waals surface area contributed by atoms with E-state index in [1.807, 2.05) is 30.3 Å². The fourth-order valence-corrected chi connectivity index (χ4v) is 7.09. The van der Waals surface area contributed by atoms with Gasteiger partial charge in [0.2, 0.25) is 0 Å². The molecule has 9 aromatic rings. The zero-order valence-electron chi connectivity index (χ0n) is 25.9. The van der Waals surface area contributed by atoms with E-state index < -0.39 is 0 Å². The van der Waals surface area contributed by atoms with Crippen molar-refractivity contribution >= 4 is 60.2 Å². The van der Waals surface area contributed by atoms with Crippen molar-refractivity contribution in [1.82, 2.24) is 15.0 Å². The van der Waals surface area contributed by atoms with Crippen LogP contribution in [-0.2, 0) is 0 Å². The zero-order valence-corrected chi connectivity index (χ0v) is 25.9. The molecular formula is C43H27N3O2. The molecule has 0 unspecified atom stereocenters. The first-order valence-electron chi connectivity index (χ1n) is 16.3. The standard InChI is InChI=1S/C43H27N3O2/c1-2-12-27(13-3-1)41-44-42(29-24-23-26-11-4-5-14-28(26)25-29)46-43(45-41)35-20-10-22-37-38(35)34-19-9-18-33(40(34)48-37)32-17-8-16-31-30-15-6-7-21-36(30)47-39(31)32/h1-2,4-12,14-25H,3,13H2. The van der Waals surface area contributed by atoms with E-state index in [0.717, 1.165) is 89.9 Å². The largest absolute Gasteiger partial charge is 0.455 e. The first-order valence-corrected chi connectivity index (χ1v) is 16.3. The smallest absolute Gasteiger partial charge is 0.164 e. The second kappa shape index (κ2) is 10.6. The van der Waals surface area contributed by atoms with Gasteiger partial charge in [-0.3, -0.25) is 0 Å². The van der Waals surface area contributed by atoms with Crippen LogP contribution in [0, 0.1) is 0 Å². The minimum atomic E-state index is 0.622. The Balaban J connectivity index is 1.20. The summed E-state index contributed by atoms with van der Waals surface area (Å²) in [6, 6.07) is 41.7. The van der Waals surface area contributed by atoms with Gasteiger partial charge < -0.3 is 8.83 Å². The molecule has 10 rings (SSSR count). The summed E-state index contributed by atoms with van der Waals surface area (Å²) < 4.78 is 13.1. The molecule has 0 amide bonds. The topological polar surface area (TPSA) is 65.0 Å². The maximum absolute atomic E-state index is 6.70. The minimum Gasteiger partial charge on any atom is -0.455 e. The van der Waals surface area contributed by atoms with E-state index >= 15 is 0 Å².